The van der Waals surface area contributed by atoms with Gasteiger partial charge in [0, 0.05) is 19.7 Å². The smallest absolute Gasteiger partial charge is 0.395 e. The molecule has 0 spiro atoms. The van der Waals surface area contributed by atoms with Crippen molar-refractivity contribution in [3.05, 3.63) is 59.7 Å². The van der Waals surface area contributed by atoms with E-state index in [9.17, 15) is 18.3 Å². The minimum Gasteiger partial charge on any atom is -0.395 e. The quantitative estimate of drug-likeness (QED) is 0.343. The molecule has 184 valence electrons. The average molecular weight is 470 g/mol. The first-order valence-corrected chi connectivity index (χ1v) is 11.3. The van der Waals surface area contributed by atoms with Crippen LogP contribution in [-0.2, 0) is 17.5 Å². The van der Waals surface area contributed by atoms with Gasteiger partial charge in [-0.15, -0.1) is 0 Å². The summed E-state index contributed by atoms with van der Waals surface area (Å²) in [5.74, 6) is 0. The van der Waals surface area contributed by atoms with Crippen molar-refractivity contribution in [3.63, 3.8) is 0 Å². The molecule has 0 saturated heterocycles. The molecule has 0 bridgehead atoms. The van der Waals surface area contributed by atoms with Crippen LogP contribution in [0.15, 0.2) is 48.5 Å². The Morgan fingerprint density at radius 2 is 1.64 bits per heavy atom. The first kappa shape index (κ1) is 27.3. The lowest BCUT2D eigenvalue weighted by Gasteiger charge is -2.22. The fourth-order valence-electron chi connectivity index (χ4n) is 3.47. The van der Waals surface area contributed by atoms with E-state index in [4.69, 9.17) is 14.9 Å². The molecule has 2 aromatic rings. The van der Waals surface area contributed by atoms with Gasteiger partial charge in [0.25, 0.3) is 0 Å². The van der Waals surface area contributed by atoms with E-state index in [0.717, 1.165) is 49.1 Å². The van der Waals surface area contributed by atoms with E-state index in [2.05, 4.69) is 4.90 Å². The molecule has 0 aliphatic heterocycles. The highest BCUT2D eigenvalue weighted by atomic mass is 19.4. The van der Waals surface area contributed by atoms with Crippen molar-refractivity contribution in [1.29, 1.82) is 0 Å². The van der Waals surface area contributed by atoms with Crippen LogP contribution in [0.5, 0.6) is 0 Å². The molecule has 8 heteroatoms. The van der Waals surface area contributed by atoms with Gasteiger partial charge in [-0.3, -0.25) is 0 Å². The summed E-state index contributed by atoms with van der Waals surface area (Å²) in [4.78, 5) is 2.08. The van der Waals surface area contributed by atoms with Crippen LogP contribution in [0.25, 0.3) is 11.1 Å². The summed E-state index contributed by atoms with van der Waals surface area (Å²) in [7, 11) is 0. The maximum absolute atomic E-state index is 12.9. The van der Waals surface area contributed by atoms with Gasteiger partial charge in [0.05, 0.1) is 31.5 Å². The molecular weight excluding hydrogens is 435 g/mol. The summed E-state index contributed by atoms with van der Waals surface area (Å²) in [6, 6.07) is 12.6. The van der Waals surface area contributed by atoms with Gasteiger partial charge in [-0.1, -0.05) is 36.4 Å². The number of halogens is 3. The Labute approximate surface area is 193 Å². The maximum atomic E-state index is 12.9. The lowest BCUT2D eigenvalue weighted by Crippen LogP contribution is -2.31. The predicted molar refractivity (Wildman–Crippen MR) is 122 cm³/mol. The number of rotatable bonds is 15. The van der Waals surface area contributed by atoms with Gasteiger partial charge in [0.1, 0.15) is 0 Å². The van der Waals surface area contributed by atoms with Gasteiger partial charge in [-0.25, -0.2) is 0 Å². The Bertz CT molecular complexity index is 799. The van der Waals surface area contributed by atoms with Crippen molar-refractivity contribution in [1.82, 2.24) is 4.90 Å². The third-order valence-corrected chi connectivity index (χ3v) is 5.41. The summed E-state index contributed by atoms with van der Waals surface area (Å²) in [6.45, 7) is 2.86. The molecule has 0 aliphatic rings. The largest absolute Gasteiger partial charge is 0.416 e. The van der Waals surface area contributed by atoms with Crippen molar-refractivity contribution in [2.45, 2.75) is 44.6 Å². The number of hydrogen-bond donors (Lipinski definition) is 3. The van der Waals surface area contributed by atoms with Gasteiger partial charge in [0.2, 0.25) is 0 Å². The van der Waals surface area contributed by atoms with Crippen LogP contribution in [0.3, 0.4) is 0 Å². The van der Waals surface area contributed by atoms with Crippen molar-refractivity contribution in [2.24, 2.45) is 0 Å². The SMILES string of the molecule is OCCN(CCCCCOCc1ccc(-c2cccc(C(F)(F)F)c2)cc1)CCC(O)CO. The zero-order valence-corrected chi connectivity index (χ0v) is 18.8. The Morgan fingerprint density at radius 1 is 0.879 bits per heavy atom. The molecule has 2 rings (SSSR count). The van der Waals surface area contributed by atoms with E-state index in [1.807, 2.05) is 12.1 Å². The van der Waals surface area contributed by atoms with Gasteiger partial charge in [-0.2, -0.15) is 13.2 Å². The molecule has 0 fully saturated rings. The summed E-state index contributed by atoms with van der Waals surface area (Å²) in [5.41, 5.74) is 1.55. The molecule has 5 nitrogen and oxygen atoms in total. The molecule has 33 heavy (non-hydrogen) atoms. The van der Waals surface area contributed by atoms with Crippen LogP contribution < -0.4 is 0 Å². The second kappa shape index (κ2) is 14.3. The number of ether oxygens (including phenoxy) is 1. The number of aliphatic hydroxyl groups is 3. The van der Waals surface area contributed by atoms with E-state index in [1.54, 1.807) is 18.2 Å². The first-order chi connectivity index (χ1) is 15.8. The van der Waals surface area contributed by atoms with Crippen LogP contribution in [0.4, 0.5) is 13.2 Å². The Kier molecular flexibility index (Phi) is 11.8. The lowest BCUT2D eigenvalue weighted by molar-refractivity contribution is -0.137. The standard InChI is InChI=1S/C25H34F3NO4/c26-25(27,28)23-6-4-5-22(17-23)21-9-7-20(8-10-21)19-33-16-3-1-2-12-29(14-15-30)13-11-24(32)18-31/h4-10,17,24,30-32H,1-3,11-16,18-19H2. The fraction of sp³-hybridized carbons (Fsp3) is 0.520. The van der Waals surface area contributed by atoms with Gasteiger partial charge < -0.3 is 25.0 Å². The van der Waals surface area contributed by atoms with Crippen LogP contribution in [0.1, 0.15) is 36.8 Å². The van der Waals surface area contributed by atoms with E-state index < -0.39 is 17.8 Å². The number of benzene rings is 2. The first-order valence-electron chi connectivity index (χ1n) is 11.3. The molecule has 0 radical (unpaired) electrons. The maximum Gasteiger partial charge on any atom is 0.416 e. The highest BCUT2D eigenvalue weighted by molar-refractivity contribution is 5.64. The molecule has 0 aliphatic carbocycles. The zero-order valence-electron chi connectivity index (χ0n) is 18.8. The Morgan fingerprint density at radius 3 is 2.30 bits per heavy atom. The third-order valence-electron chi connectivity index (χ3n) is 5.41. The summed E-state index contributed by atoms with van der Waals surface area (Å²) < 4.78 is 44.4. The molecule has 1 atom stereocenters. The summed E-state index contributed by atoms with van der Waals surface area (Å²) in [5, 5.41) is 27.5. The van der Waals surface area contributed by atoms with Gasteiger partial charge in [0.15, 0.2) is 0 Å². The van der Waals surface area contributed by atoms with E-state index >= 15 is 0 Å². The number of aliphatic hydroxyl groups excluding tert-OH is 3. The summed E-state index contributed by atoms with van der Waals surface area (Å²) in [6.07, 6.45) is -1.79. The van der Waals surface area contributed by atoms with Crippen molar-refractivity contribution in [2.75, 3.05) is 39.5 Å². The lowest BCUT2D eigenvalue weighted by atomic mass is 10.0. The van der Waals surface area contributed by atoms with Crippen LogP contribution in [0, 0.1) is 0 Å². The average Bonchev–Trinajstić information content (AvgIpc) is 2.81. The molecule has 2 aromatic carbocycles. The third kappa shape index (κ3) is 10.2. The Balaban J connectivity index is 1.67. The molecule has 3 N–H and O–H groups in total. The van der Waals surface area contributed by atoms with Crippen molar-refractivity contribution in [3.8, 4) is 11.1 Å². The molecule has 0 amide bonds. The predicted octanol–water partition coefficient (Wildman–Crippen LogP) is 4.10. The number of unbranched alkanes of at least 4 members (excludes halogenated alkanes) is 2. The second-order valence-electron chi connectivity index (χ2n) is 8.08. The van der Waals surface area contributed by atoms with E-state index in [-0.39, 0.29) is 13.2 Å². The zero-order chi connectivity index (χ0) is 24.1. The number of nitrogens with zero attached hydrogens (tertiary/aromatic N) is 1. The monoisotopic (exact) mass is 469 g/mol. The minimum atomic E-state index is -4.36. The second-order valence-corrected chi connectivity index (χ2v) is 8.08. The van der Waals surface area contributed by atoms with Crippen molar-refractivity contribution >= 4 is 0 Å². The molecule has 0 saturated carbocycles. The Hall–Kier alpha value is -1.97. The van der Waals surface area contributed by atoms with Gasteiger partial charge >= 0.3 is 6.18 Å². The molecule has 0 aromatic heterocycles. The highest BCUT2D eigenvalue weighted by Gasteiger charge is 2.30. The molecule has 1 unspecified atom stereocenters. The van der Waals surface area contributed by atoms with Crippen LogP contribution in [-0.4, -0.2) is 65.8 Å². The molecular formula is C25H34F3NO4. The van der Waals surface area contributed by atoms with Gasteiger partial charge in [-0.05, 0) is 61.1 Å². The number of hydrogen-bond acceptors (Lipinski definition) is 5. The normalized spacial score (nSPS) is 12.9. The highest BCUT2D eigenvalue weighted by Crippen LogP contribution is 2.32. The van der Waals surface area contributed by atoms with E-state index in [1.165, 1.54) is 6.07 Å². The molecule has 0 heterocycles. The minimum absolute atomic E-state index is 0.0604. The number of alkyl halides is 3. The summed E-state index contributed by atoms with van der Waals surface area (Å²) >= 11 is 0. The van der Waals surface area contributed by atoms with Crippen LogP contribution in [0.2, 0.25) is 0 Å². The fourth-order valence-corrected chi connectivity index (χ4v) is 3.47. The van der Waals surface area contributed by atoms with Crippen molar-refractivity contribution < 1.29 is 33.2 Å². The van der Waals surface area contributed by atoms with E-state index in [0.29, 0.717) is 38.3 Å². The van der Waals surface area contributed by atoms with Crippen LogP contribution >= 0.6 is 0 Å². The topological polar surface area (TPSA) is 73.2 Å².